The molecule has 0 radical (unpaired) electrons. The average Bonchev–Trinajstić information content (AvgIpc) is 2.46. The molecule has 1 amide bonds. The molecule has 0 bridgehead atoms. The van der Waals surface area contributed by atoms with Crippen LogP contribution in [0, 0.1) is 5.41 Å². The molecule has 1 heterocycles. The van der Waals surface area contributed by atoms with E-state index in [1.54, 1.807) is 12.0 Å². The molecule has 20 heavy (non-hydrogen) atoms. The van der Waals surface area contributed by atoms with E-state index >= 15 is 0 Å². The number of amides is 1. The lowest BCUT2D eigenvalue weighted by Crippen LogP contribution is -2.53. The summed E-state index contributed by atoms with van der Waals surface area (Å²) in [5.74, 6) is -0.953. The molecule has 1 aliphatic rings. The van der Waals surface area contributed by atoms with E-state index in [1.165, 1.54) is 0 Å². The zero-order valence-corrected chi connectivity index (χ0v) is 12.4. The Balaban J connectivity index is 2.62. The predicted molar refractivity (Wildman–Crippen MR) is 75.3 cm³/mol. The van der Waals surface area contributed by atoms with E-state index in [0.29, 0.717) is 32.4 Å². The second-order valence-corrected chi connectivity index (χ2v) is 5.54. The zero-order valence-electron chi connectivity index (χ0n) is 12.4. The molecule has 3 N–H and O–H groups in total. The van der Waals surface area contributed by atoms with Gasteiger partial charge in [0.1, 0.15) is 0 Å². The summed E-state index contributed by atoms with van der Waals surface area (Å²) in [6, 6.07) is -0.563. The molecule has 1 fully saturated rings. The fourth-order valence-electron chi connectivity index (χ4n) is 2.74. The van der Waals surface area contributed by atoms with Gasteiger partial charge in [-0.15, -0.1) is 0 Å². The molecule has 0 aliphatic carbocycles. The highest BCUT2D eigenvalue weighted by molar-refractivity contribution is 5.83. The Bertz CT molecular complexity index is 348. The number of ether oxygens (including phenoxy) is 1. The first-order valence-corrected chi connectivity index (χ1v) is 7.23. The Kier molecular flexibility index (Phi) is 6.42. The molecule has 1 rings (SSSR count). The fraction of sp³-hybridized carbons (Fsp3) is 0.857. The third-order valence-electron chi connectivity index (χ3n) is 4.20. The molecule has 0 aromatic carbocycles. The molecule has 0 spiro atoms. The number of nitrogens with zero attached hydrogens (tertiary/aromatic N) is 1. The first-order valence-electron chi connectivity index (χ1n) is 7.23. The van der Waals surface area contributed by atoms with E-state index in [0.717, 1.165) is 12.8 Å². The largest absolute Gasteiger partial charge is 0.481 e. The average molecular weight is 286 g/mol. The first kappa shape index (κ1) is 16.9. The van der Waals surface area contributed by atoms with E-state index in [4.69, 9.17) is 10.5 Å². The number of carboxylic acid groups (broad SMARTS) is 1. The van der Waals surface area contributed by atoms with Crippen LogP contribution in [-0.4, -0.2) is 54.7 Å². The second-order valence-electron chi connectivity index (χ2n) is 5.54. The fourth-order valence-corrected chi connectivity index (χ4v) is 2.74. The van der Waals surface area contributed by atoms with Crippen LogP contribution in [0.5, 0.6) is 0 Å². The molecule has 1 saturated heterocycles. The number of carbonyl (C=O) groups excluding carboxylic acids is 1. The summed E-state index contributed by atoms with van der Waals surface area (Å²) in [4.78, 5) is 25.4. The molecule has 0 aromatic heterocycles. The van der Waals surface area contributed by atoms with Crippen molar-refractivity contribution in [3.63, 3.8) is 0 Å². The second kappa shape index (κ2) is 7.59. The highest BCUT2D eigenvalue weighted by Gasteiger charge is 2.42. The molecule has 2 unspecified atom stereocenters. The Morgan fingerprint density at radius 1 is 1.50 bits per heavy atom. The number of piperidine rings is 1. The van der Waals surface area contributed by atoms with Crippen LogP contribution in [0.3, 0.4) is 0 Å². The van der Waals surface area contributed by atoms with Gasteiger partial charge in [0.2, 0.25) is 5.91 Å². The van der Waals surface area contributed by atoms with Crippen LogP contribution in [0.2, 0.25) is 0 Å². The van der Waals surface area contributed by atoms with Crippen LogP contribution >= 0.6 is 0 Å². The van der Waals surface area contributed by atoms with Crippen LogP contribution in [0.1, 0.15) is 39.0 Å². The minimum atomic E-state index is -0.814. The summed E-state index contributed by atoms with van der Waals surface area (Å²) in [5, 5.41) is 9.41. The number of aliphatic carboxylic acids is 1. The van der Waals surface area contributed by atoms with Gasteiger partial charge >= 0.3 is 5.97 Å². The Morgan fingerprint density at radius 3 is 2.75 bits per heavy atom. The van der Waals surface area contributed by atoms with Gasteiger partial charge in [0, 0.05) is 26.8 Å². The van der Waals surface area contributed by atoms with Crippen molar-refractivity contribution in [2.24, 2.45) is 11.1 Å². The van der Waals surface area contributed by atoms with Crippen LogP contribution in [0.15, 0.2) is 0 Å². The molecular formula is C14H26N2O4. The van der Waals surface area contributed by atoms with Crippen molar-refractivity contribution < 1.29 is 19.4 Å². The zero-order chi connectivity index (χ0) is 15.2. The van der Waals surface area contributed by atoms with Crippen molar-refractivity contribution in [1.82, 2.24) is 4.90 Å². The summed E-state index contributed by atoms with van der Waals surface area (Å²) in [6.07, 6.45) is 3.17. The Labute approximate surface area is 120 Å². The van der Waals surface area contributed by atoms with Gasteiger partial charge in [-0.05, 0) is 32.1 Å². The number of hydrogen-bond donors (Lipinski definition) is 2. The molecular weight excluding hydrogens is 260 g/mol. The van der Waals surface area contributed by atoms with Gasteiger partial charge in [-0.1, -0.05) is 6.92 Å². The number of methoxy groups -OCH3 is 1. The highest BCUT2D eigenvalue weighted by Crippen LogP contribution is 2.33. The van der Waals surface area contributed by atoms with Crippen molar-refractivity contribution in [3.8, 4) is 0 Å². The third kappa shape index (κ3) is 3.93. The molecule has 0 aromatic rings. The maximum absolute atomic E-state index is 12.3. The number of carbonyl (C=O) groups is 2. The minimum absolute atomic E-state index is 0.139. The topological polar surface area (TPSA) is 92.9 Å². The third-order valence-corrected chi connectivity index (χ3v) is 4.20. The lowest BCUT2D eigenvalue weighted by atomic mass is 9.77. The smallest absolute Gasteiger partial charge is 0.311 e. The van der Waals surface area contributed by atoms with Gasteiger partial charge < -0.3 is 20.5 Å². The number of hydrogen-bond acceptors (Lipinski definition) is 4. The summed E-state index contributed by atoms with van der Waals surface area (Å²) in [6.45, 7) is 3.32. The van der Waals surface area contributed by atoms with Gasteiger partial charge in [-0.2, -0.15) is 0 Å². The van der Waals surface area contributed by atoms with E-state index < -0.39 is 17.4 Å². The number of carboxylic acids is 1. The molecule has 0 saturated carbocycles. The lowest BCUT2D eigenvalue weighted by Gasteiger charge is -2.40. The van der Waals surface area contributed by atoms with Gasteiger partial charge in [-0.25, -0.2) is 0 Å². The van der Waals surface area contributed by atoms with Gasteiger partial charge in [0.25, 0.3) is 0 Å². The van der Waals surface area contributed by atoms with Crippen molar-refractivity contribution in [2.75, 3.05) is 26.8 Å². The maximum atomic E-state index is 12.3. The van der Waals surface area contributed by atoms with Crippen LogP contribution in [0.25, 0.3) is 0 Å². The normalized spacial score (nSPS) is 24.4. The van der Waals surface area contributed by atoms with Crippen LogP contribution < -0.4 is 5.73 Å². The summed E-state index contributed by atoms with van der Waals surface area (Å²) >= 11 is 0. The van der Waals surface area contributed by atoms with Crippen molar-refractivity contribution in [1.29, 1.82) is 0 Å². The lowest BCUT2D eigenvalue weighted by molar-refractivity contribution is -0.155. The summed E-state index contributed by atoms with van der Waals surface area (Å²) < 4.78 is 4.94. The number of likely N-dealkylation sites (tertiary alicyclic amines) is 1. The molecule has 6 nitrogen and oxygen atoms in total. The summed E-state index contributed by atoms with van der Waals surface area (Å²) in [5.41, 5.74) is 5.10. The molecule has 116 valence electrons. The van der Waals surface area contributed by atoms with Crippen LogP contribution in [0.4, 0.5) is 0 Å². The highest BCUT2D eigenvalue weighted by atomic mass is 16.5. The van der Waals surface area contributed by atoms with Crippen LogP contribution in [-0.2, 0) is 14.3 Å². The molecule has 6 heteroatoms. The maximum Gasteiger partial charge on any atom is 0.311 e. The SMILES string of the molecule is CCC1(C(=O)O)CCCN(C(=O)C(N)CCCOC)C1. The minimum Gasteiger partial charge on any atom is -0.481 e. The number of rotatable bonds is 7. The predicted octanol–water partition coefficient (Wildman–Crippen LogP) is 0.844. The Hall–Kier alpha value is -1.14. The van der Waals surface area contributed by atoms with E-state index in [2.05, 4.69) is 0 Å². The number of nitrogens with two attached hydrogens (primary N) is 1. The molecule has 1 aliphatic heterocycles. The first-order chi connectivity index (χ1) is 9.46. The van der Waals surface area contributed by atoms with E-state index in [1.807, 2.05) is 6.92 Å². The van der Waals surface area contributed by atoms with Gasteiger partial charge in [-0.3, -0.25) is 9.59 Å². The van der Waals surface area contributed by atoms with Gasteiger partial charge in [0.15, 0.2) is 0 Å². The monoisotopic (exact) mass is 286 g/mol. The van der Waals surface area contributed by atoms with Gasteiger partial charge in [0.05, 0.1) is 11.5 Å². The van der Waals surface area contributed by atoms with Crippen molar-refractivity contribution in [2.45, 2.75) is 45.1 Å². The van der Waals surface area contributed by atoms with Crippen molar-refractivity contribution in [3.05, 3.63) is 0 Å². The van der Waals surface area contributed by atoms with Crippen molar-refractivity contribution >= 4 is 11.9 Å². The quantitative estimate of drug-likeness (QED) is 0.677. The van der Waals surface area contributed by atoms with E-state index in [9.17, 15) is 14.7 Å². The Morgan fingerprint density at radius 2 is 2.20 bits per heavy atom. The molecule has 2 atom stereocenters. The standard InChI is InChI=1S/C14H26N2O4/c1-3-14(13(18)19)7-5-8-16(10-14)12(17)11(15)6-4-9-20-2/h11H,3-10,15H2,1-2H3,(H,18,19). The summed E-state index contributed by atoms with van der Waals surface area (Å²) in [7, 11) is 1.61. The van der Waals surface area contributed by atoms with E-state index in [-0.39, 0.29) is 12.5 Å².